The second kappa shape index (κ2) is 8.73. The first kappa shape index (κ1) is 18.3. The summed E-state index contributed by atoms with van der Waals surface area (Å²) in [6.45, 7) is 4.27. The number of nitrogens with zero attached hydrogens (tertiary/aromatic N) is 1. The van der Waals surface area contributed by atoms with Crippen LogP contribution in [0.3, 0.4) is 0 Å². The molecule has 4 N–H and O–H groups in total. The maximum Gasteiger partial charge on any atom is 0.187 e. The Balaban J connectivity index is 1.66. The Bertz CT molecular complexity index is 798. The van der Waals surface area contributed by atoms with E-state index in [9.17, 15) is 0 Å². The first-order valence-corrected chi connectivity index (χ1v) is 10.4. The van der Waals surface area contributed by atoms with Gasteiger partial charge in [-0.15, -0.1) is 11.3 Å². The lowest BCUT2D eigenvalue weighted by molar-refractivity contribution is 0.771. The van der Waals surface area contributed by atoms with Crippen LogP contribution in [0.1, 0.15) is 13.8 Å². The Morgan fingerprint density at radius 2 is 1.68 bits per heavy atom. The number of hydrogen-bond donors (Lipinski definition) is 3. The van der Waals surface area contributed by atoms with E-state index in [1.807, 2.05) is 24.3 Å². The highest BCUT2D eigenvalue weighted by Gasteiger charge is 2.06. The van der Waals surface area contributed by atoms with Gasteiger partial charge in [0.15, 0.2) is 5.13 Å². The molecule has 1 heterocycles. The molecule has 0 fully saturated rings. The maximum absolute atomic E-state index is 5.54. The molecule has 0 atom stereocenters. The molecular formula is C18H20N4S3. The molecule has 0 bridgehead atoms. The molecule has 25 heavy (non-hydrogen) atoms. The van der Waals surface area contributed by atoms with Crippen LogP contribution in [0, 0.1) is 0 Å². The molecule has 0 aliphatic rings. The number of nitrogens with one attached hydrogen (secondary N) is 2. The summed E-state index contributed by atoms with van der Waals surface area (Å²) in [6, 6.07) is 16.9. The monoisotopic (exact) mass is 388 g/mol. The number of nitrogens with two attached hydrogens (primary N) is 1. The smallest absolute Gasteiger partial charge is 0.187 e. The van der Waals surface area contributed by atoms with Gasteiger partial charge in [-0.05, 0) is 74.1 Å². The van der Waals surface area contributed by atoms with E-state index in [0.29, 0.717) is 6.04 Å². The van der Waals surface area contributed by atoms with Gasteiger partial charge in [-0.25, -0.2) is 4.98 Å². The van der Waals surface area contributed by atoms with Gasteiger partial charge >= 0.3 is 0 Å². The molecule has 0 unspecified atom stereocenters. The zero-order chi connectivity index (χ0) is 17.6. The van der Waals surface area contributed by atoms with Gasteiger partial charge in [0.1, 0.15) is 0 Å². The third kappa shape index (κ3) is 5.23. The number of thiazole rings is 1. The van der Waals surface area contributed by atoms with Crippen molar-refractivity contribution >= 4 is 46.1 Å². The number of anilines is 2. The van der Waals surface area contributed by atoms with Crippen molar-refractivity contribution in [3.8, 4) is 11.3 Å². The first-order chi connectivity index (χ1) is 12.1. The van der Waals surface area contributed by atoms with Crippen LogP contribution in [-0.2, 0) is 0 Å². The molecule has 3 rings (SSSR count). The van der Waals surface area contributed by atoms with Gasteiger partial charge < -0.3 is 5.32 Å². The SMILES string of the molecule is CC(C)NSc1ccc(-c2csc(Nc3ccc(SN)cc3)n2)cc1. The minimum Gasteiger partial charge on any atom is -0.332 e. The third-order valence-electron chi connectivity index (χ3n) is 3.31. The fraction of sp³-hybridized carbons (Fsp3) is 0.167. The highest BCUT2D eigenvalue weighted by molar-refractivity contribution is 7.97. The fourth-order valence-electron chi connectivity index (χ4n) is 2.08. The average molecular weight is 389 g/mol. The van der Waals surface area contributed by atoms with E-state index in [0.717, 1.165) is 27.0 Å². The molecule has 0 radical (unpaired) electrons. The largest absolute Gasteiger partial charge is 0.332 e. The Morgan fingerprint density at radius 1 is 1.00 bits per heavy atom. The van der Waals surface area contributed by atoms with Crippen LogP contribution in [0.4, 0.5) is 10.8 Å². The lowest BCUT2D eigenvalue weighted by Gasteiger charge is -2.07. The van der Waals surface area contributed by atoms with Gasteiger partial charge in [-0.2, -0.15) is 0 Å². The van der Waals surface area contributed by atoms with Crippen molar-refractivity contribution < 1.29 is 0 Å². The lowest BCUT2D eigenvalue weighted by atomic mass is 10.2. The Kier molecular flexibility index (Phi) is 6.39. The van der Waals surface area contributed by atoms with E-state index in [2.05, 4.69) is 58.5 Å². The second-order valence-corrected chi connectivity index (χ2v) is 8.18. The van der Waals surface area contributed by atoms with Crippen molar-refractivity contribution in [1.29, 1.82) is 0 Å². The summed E-state index contributed by atoms with van der Waals surface area (Å²) in [5, 5.41) is 11.8. The van der Waals surface area contributed by atoms with E-state index in [-0.39, 0.29) is 0 Å². The van der Waals surface area contributed by atoms with E-state index in [4.69, 9.17) is 5.14 Å². The third-order valence-corrected chi connectivity index (χ3v) is 5.71. The molecule has 0 saturated heterocycles. The van der Waals surface area contributed by atoms with E-state index >= 15 is 0 Å². The molecule has 0 aliphatic carbocycles. The summed E-state index contributed by atoms with van der Waals surface area (Å²) < 4.78 is 3.34. The number of hydrogen-bond acceptors (Lipinski definition) is 7. The molecule has 0 amide bonds. The van der Waals surface area contributed by atoms with Crippen LogP contribution in [0.2, 0.25) is 0 Å². The second-order valence-electron chi connectivity index (χ2n) is 5.70. The van der Waals surface area contributed by atoms with E-state index < -0.39 is 0 Å². The highest BCUT2D eigenvalue weighted by Crippen LogP contribution is 2.29. The summed E-state index contributed by atoms with van der Waals surface area (Å²) in [5.41, 5.74) is 3.10. The quantitative estimate of drug-likeness (QED) is 0.463. The van der Waals surface area contributed by atoms with Crippen LogP contribution in [0.5, 0.6) is 0 Å². The zero-order valence-corrected chi connectivity index (χ0v) is 16.5. The number of benzene rings is 2. The Morgan fingerprint density at radius 3 is 2.32 bits per heavy atom. The van der Waals surface area contributed by atoms with Gasteiger partial charge in [-0.3, -0.25) is 9.86 Å². The van der Waals surface area contributed by atoms with Crippen LogP contribution >= 0.6 is 35.2 Å². The number of rotatable bonds is 7. The Hall–Kier alpha value is -1.51. The summed E-state index contributed by atoms with van der Waals surface area (Å²) >= 11 is 4.49. The first-order valence-electron chi connectivity index (χ1n) is 7.86. The van der Waals surface area contributed by atoms with Crippen LogP contribution in [-0.4, -0.2) is 11.0 Å². The van der Waals surface area contributed by atoms with Crippen molar-refractivity contribution in [3.05, 3.63) is 53.9 Å². The fourth-order valence-corrected chi connectivity index (χ4v) is 3.76. The minimum absolute atomic E-state index is 0.453. The van der Waals surface area contributed by atoms with Gasteiger partial charge in [0.2, 0.25) is 0 Å². The number of aromatic nitrogens is 1. The van der Waals surface area contributed by atoms with Gasteiger partial charge in [0.05, 0.1) is 5.69 Å². The molecule has 130 valence electrons. The van der Waals surface area contributed by atoms with Crippen LogP contribution < -0.4 is 15.2 Å². The summed E-state index contributed by atoms with van der Waals surface area (Å²) in [6.07, 6.45) is 0. The van der Waals surface area contributed by atoms with E-state index in [1.54, 1.807) is 23.3 Å². The predicted molar refractivity (Wildman–Crippen MR) is 111 cm³/mol. The molecular weight excluding hydrogens is 368 g/mol. The van der Waals surface area contributed by atoms with Crippen molar-refractivity contribution in [2.45, 2.75) is 29.7 Å². The van der Waals surface area contributed by atoms with Crippen LogP contribution in [0.25, 0.3) is 11.3 Å². The molecule has 0 saturated carbocycles. The Labute approximate surface area is 160 Å². The normalized spacial score (nSPS) is 11.0. The molecule has 0 spiro atoms. The van der Waals surface area contributed by atoms with Crippen molar-refractivity contribution in [2.75, 3.05) is 5.32 Å². The molecule has 2 aromatic carbocycles. The summed E-state index contributed by atoms with van der Waals surface area (Å²) in [7, 11) is 0. The molecule has 7 heteroatoms. The molecule has 4 nitrogen and oxygen atoms in total. The molecule has 1 aromatic heterocycles. The predicted octanol–water partition coefficient (Wildman–Crippen LogP) is 5.52. The average Bonchev–Trinajstić information content (AvgIpc) is 3.09. The van der Waals surface area contributed by atoms with Gasteiger partial charge in [0.25, 0.3) is 0 Å². The van der Waals surface area contributed by atoms with Crippen molar-refractivity contribution in [2.24, 2.45) is 5.14 Å². The topological polar surface area (TPSA) is 63.0 Å². The maximum atomic E-state index is 5.54. The highest BCUT2D eigenvalue weighted by atomic mass is 32.2. The van der Waals surface area contributed by atoms with Crippen LogP contribution in [0.15, 0.2) is 63.7 Å². The van der Waals surface area contributed by atoms with Crippen molar-refractivity contribution in [1.82, 2.24) is 9.71 Å². The van der Waals surface area contributed by atoms with E-state index in [1.165, 1.54) is 16.8 Å². The van der Waals surface area contributed by atoms with Gasteiger partial charge in [-0.1, -0.05) is 12.1 Å². The van der Waals surface area contributed by atoms with Crippen molar-refractivity contribution in [3.63, 3.8) is 0 Å². The molecule has 0 aliphatic heterocycles. The van der Waals surface area contributed by atoms with Gasteiger partial charge in [0, 0.05) is 32.5 Å². The molecule has 3 aromatic rings. The summed E-state index contributed by atoms with van der Waals surface area (Å²) in [4.78, 5) is 6.91. The minimum atomic E-state index is 0.453. The summed E-state index contributed by atoms with van der Waals surface area (Å²) in [5.74, 6) is 0. The standard InChI is InChI=1S/C18H20N4S3/c1-12(2)22-25-16-7-3-13(4-8-16)17-11-23-18(21-17)20-14-5-9-15(24-19)10-6-14/h3-12,22H,19H2,1-2H3,(H,20,21). The lowest BCUT2D eigenvalue weighted by Crippen LogP contribution is -2.13. The zero-order valence-electron chi connectivity index (χ0n) is 14.0.